The predicted octanol–water partition coefficient (Wildman–Crippen LogP) is 6.66. The Hall–Kier alpha value is -1.40. The molecule has 1 aliphatic carbocycles. The molecule has 0 amide bonds. The summed E-state index contributed by atoms with van der Waals surface area (Å²) >= 11 is 0. The summed E-state index contributed by atoms with van der Waals surface area (Å²) in [5, 5.41) is 4.26. The molecule has 0 aromatic rings. The number of rotatable bonds is 16. The third-order valence-electron chi connectivity index (χ3n) is 5.55. The van der Waals surface area contributed by atoms with Crippen molar-refractivity contribution >= 4 is 20.0 Å². The molecular formula is C25H45NO4Si. The zero-order valence-electron chi connectivity index (χ0n) is 20.7. The van der Waals surface area contributed by atoms with Crippen LogP contribution < -0.4 is 0 Å². The molecular weight excluding hydrogens is 406 g/mol. The zero-order chi connectivity index (χ0) is 23.1. The van der Waals surface area contributed by atoms with E-state index < -0.39 is 8.32 Å². The van der Waals surface area contributed by atoms with Crippen molar-refractivity contribution < 1.29 is 18.8 Å². The maximum atomic E-state index is 11.2. The first-order chi connectivity index (χ1) is 14.8. The lowest BCUT2D eigenvalue weighted by molar-refractivity contribution is -0.140. The molecule has 0 saturated carbocycles. The minimum Gasteiger partial charge on any atom is -0.469 e. The van der Waals surface area contributed by atoms with Crippen LogP contribution in [0.25, 0.3) is 0 Å². The lowest BCUT2D eigenvalue weighted by atomic mass is 9.88. The Bertz CT molecular complexity index is 595. The fourth-order valence-electron chi connectivity index (χ4n) is 3.99. The van der Waals surface area contributed by atoms with Gasteiger partial charge >= 0.3 is 5.97 Å². The van der Waals surface area contributed by atoms with Crippen molar-refractivity contribution in [3.63, 3.8) is 0 Å². The second-order valence-electron chi connectivity index (χ2n) is 9.42. The number of esters is 1. The average molecular weight is 452 g/mol. The van der Waals surface area contributed by atoms with Gasteiger partial charge in [0.25, 0.3) is 0 Å². The summed E-state index contributed by atoms with van der Waals surface area (Å²) in [4.78, 5) is 16.3. The lowest BCUT2D eigenvalue weighted by Crippen LogP contribution is -2.31. The molecule has 0 aliphatic heterocycles. The summed E-state index contributed by atoms with van der Waals surface area (Å²) in [6, 6.07) is 0. The number of unbranched alkanes of at least 4 members (excludes halogenated alkanes) is 5. The first-order valence-corrected chi connectivity index (χ1v) is 15.4. The normalized spacial score (nSPS) is 21.2. The van der Waals surface area contributed by atoms with Crippen LogP contribution in [0.3, 0.4) is 0 Å². The number of allylic oxidation sites excluding steroid dienone is 3. The van der Waals surface area contributed by atoms with Gasteiger partial charge in [0.2, 0.25) is 0 Å². The molecule has 0 aromatic carbocycles. The average Bonchev–Trinajstić information content (AvgIpc) is 3.09. The molecule has 0 N–H and O–H groups in total. The second-order valence-corrected chi connectivity index (χ2v) is 13.9. The number of hydrogen-bond donors (Lipinski definition) is 0. The van der Waals surface area contributed by atoms with Crippen LogP contribution in [0, 0.1) is 11.8 Å². The quantitative estimate of drug-likeness (QED) is 0.0865. The number of carbonyl (C=O) groups excluding carboxylic acids is 1. The number of methoxy groups -OCH3 is 1. The van der Waals surface area contributed by atoms with Gasteiger partial charge in [-0.25, -0.2) is 0 Å². The van der Waals surface area contributed by atoms with Gasteiger partial charge in [0.15, 0.2) is 8.32 Å². The second kappa shape index (κ2) is 15.4. The molecule has 0 bridgehead atoms. The Balaban J connectivity index is 2.65. The molecule has 0 radical (unpaired) electrons. The smallest absolute Gasteiger partial charge is 0.305 e. The maximum Gasteiger partial charge on any atom is 0.305 e. The molecule has 31 heavy (non-hydrogen) atoms. The van der Waals surface area contributed by atoms with Crippen molar-refractivity contribution in [3.05, 3.63) is 24.3 Å². The van der Waals surface area contributed by atoms with E-state index in [9.17, 15) is 4.79 Å². The largest absolute Gasteiger partial charge is 0.469 e. The SMILES string of the molecule is CCCCCC(/C=C/C1C=C/C(=N\OC)C1CCCCCCC(=O)OC)O[Si](C)(C)C. The van der Waals surface area contributed by atoms with Crippen molar-refractivity contribution in [1.29, 1.82) is 0 Å². The molecule has 0 aromatic heterocycles. The molecule has 178 valence electrons. The van der Waals surface area contributed by atoms with Crippen LogP contribution in [-0.2, 0) is 18.8 Å². The number of oxime groups is 1. The molecule has 0 fully saturated rings. The van der Waals surface area contributed by atoms with Crippen LogP contribution in [0.15, 0.2) is 29.5 Å². The van der Waals surface area contributed by atoms with Gasteiger partial charge in [0.05, 0.1) is 18.9 Å². The Kier molecular flexibility index (Phi) is 13.7. The van der Waals surface area contributed by atoms with Gasteiger partial charge in [-0.1, -0.05) is 68.8 Å². The van der Waals surface area contributed by atoms with Crippen LogP contribution in [0.1, 0.15) is 71.1 Å². The summed E-state index contributed by atoms with van der Waals surface area (Å²) in [6.45, 7) is 9.02. The number of carbonyl (C=O) groups is 1. The summed E-state index contributed by atoms with van der Waals surface area (Å²) in [5.74, 6) is 0.566. The van der Waals surface area contributed by atoms with E-state index in [-0.39, 0.29) is 12.1 Å². The van der Waals surface area contributed by atoms with Crippen LogP contribution in [0.4, 0.5) is 0 Å². The summed E-state index contributed by atoms with van der Waals surface area (Å²) in [6.07, 6.45) is 19.7. The highest BCUT2D eigenvalue weighted by Gasteiger charge is 2.27. The van der Waals surface area contributed by atoms with Crippen LogP contribution in [-0.4, -0.2) is 40.3 Å². The number of nitrogens with zero attached hydrogens (tertiary/aromatic N) is 1. The van der Waals surface area contributed by atoms with E-state index in [1.165, 1.54) is 26.4 Å². The van der Waals surface area contributed by atoms with Gasteiger partial charge in [-0.15, -0.1) is 0 Å². The van der Waals surface area contributed by atoms with Gasteiger partial charge in [0, 0.05) is 18.3 Å². The molecule has 0 spiro atoms. The van der Waals surface area contributed by atoms with E-state index in [2.05, 4.69) is 56.0 Å². The number of hydrogen-bond acceptors (Lipinski definition) is 5. The van der Waals surface area contributed by atoms with Crippen molar-refractivity contribution in [2.24, 2.45) is 17.0 Å². The molecule has 1 rings (SSSR count). The maximum absolute atomic E-state index is 11.2. The van der Waals surface area contributed by atoms with Crippen LogP contribution in [0.2, 0.25) is 19.6 Å². The van der Waals surface area contributed by atoms with Gasteiger partial charge in [-0.3, -0.25) is 4.79 Å². The van der Waals surface area contributed by atoms with E-state index >= 15 is 0 Å². The van der Waals surface area contributed by atoms with Gasteiger partial charge < -0.3 is 14.0 Å². The Morgan fingerprint density at radius 2 is 1.87 bits per heavy atom. The molecule has 6 heteroatoms. The lowest BCUT2D eigenvalue weighted by Gasteiger charge is -2.25. The molecule has 3 unspecified atom stereocenters. The highest BCUT2D eigenvalue weighted by molar-refractivity contribution is 6.69. The van der Waals surface area contributed by atoms with Crippen LogP contribution in [0.5, 0.6) is 0 Å². The standard InChI is InChI=1S/C25H45NO4Si/c1-7-8-11-14-22(30-31(4,5)6)19-17-21-18-20-24(26-29-3)23(21)15-12-9-10-13-16-25(27)28-2/h17-23H,7-16H2,1-6H3/b19-17+,26-24+. The molecule has 0 heterocycles. The first-order valence-electron chi connectivity index (χ1n) is 12.0. The van der Waals surface area contributed by atoms with Gasteiger partial charge in [-0.05, 0) is 45.0 Å². The third-order valence-corrected chi connectivity index (χ3v) is 6.56. The molecule has 1 aliphatic rings. The van der Waals surface area contributed by atoms with Gasteiger partial charge in [0.1, 0.15) is 7.11 Å². The van der Waals surface area contributed by atoms with Crippen molar-refractivity contribution in [3.8, 4) is 0 Å². The Morgan fingerprint density at radius 3 is 2.52 bits per heavy atom. The monoisotopic (exact) mass is 451 g/mol. The first kappa shape index (κ1) is 27.6. The van der Waals surface area contributed by atoms with Crippen molar-refractivity contribution in [2.75, 3.05) is 14.2 Å². The minimum absolute atomic E-state index is 0.117. The zero-order valence-corrected chi connectivity index (χ0v) is 21.7. The third kappa shape index (κ3) is 12.3. The fourth-order valence-corrected chi connectivity index (χ4v) is 5.10. The summed E-state index contributed by atoms with van der Waals surface area (Å²) < 4.78 is 11.2. The summed E-state index contributed by atoms with van der Waals surface area (Å²) in [5.41, 5.74) is 1.03. The van der Waals surface area contributed by atoms with E-state index in [0.717, 1.165) is 44.2 Å². The van der Waals surface area contributed by atoms with Crippen molar-refractivity contribution in [2.45, 2.75) is 96.9 Å². The van der Waals surface area contributed by atoms with Crippen LogP contribution >= 0.6 is 0 Å². The van der Waals surface area contributed by atoms with E-state index in [1.807, 2.05) is 0 Å². The Morgan fingerprint density at radius 1 is 1.13 bits per heavy atom. The number of ether oxygens (including phenoxy) is 1. The molecule has 5 nitrogen and oxygen atoms in total. The predicted molar refractivity (Wildman–Crippen MR) is 132 cm³/mol. The van der Waals surface area contributed by atoms with E-state index in [4.69, 9.17) is 14.0 Å². The molecule has 0 saturated heterocycles. The minimum atomic E-state index is -1.59. The highest BCUT2D eigenvalue weighted by Crippen LogP contribution is 2.30. The summed E-state index contributed by atoms with van der Waals surface area (Å²) in [7, 11) is 1.47. The topological polar surface area (TPSA) is 57.1 Å². The van der Waals surface area contributed by atoms with Crippen molar-refractivity contribution in [1.82, 2.24) is 0 Å². The van der Waals surface area contributed by atoms with E-state index in [0.29, 0.717) is 18.3 Å². The molecule has 3 atom stereocenters. The highest BCUT2D eigenvalue weighted by atomic mass is 28.4. The van der Waals surface area contributed by atoms with E-state index in [1.54, 1.807) is 7.11 Å². The fraction of sp³-hybridized carbons (Fsp3) is 0.760. The Labute approximate surface area is 191 Å². The van der Waals surface area contributed by atoms with Gasteiger partial charge in [-0.2, -0.15) is 0 Å².